The molecule has 0 saturated carbocycles. The highest BCUT2D eigenvalue weighted by atomic mass is 35.5. The molecule has 2 rings (SSSR count). The molecular formula is C17H17ClN2O3. The lowest BCUT2D eigenvalue weighted by atomic mass is 10.1. The Morgan fingerprint density at radius 2 is 1.78 bits per heavy atom. The number of carbonyl (C=O) groups is 2. The van der Waals surface area contributed by atoms with Crippen molar-refractivity contribution in [2.24, 2.45) is 0 Å². The lowest BCUT2D eigenvalue weighted by molar-refractivity contribution is -0.121. The molecule has 0 aliphatic rings. The molecule has 0 saturated heterocycles. The molecule has 0 fully saturated rings. The van der Waals surface area contributed by atoms with Crippen molar-refractivity contribution in [1.29, 1.82) is 0 Å². The van der Waals surface area contributed by atoms with Crippen LogP contribution in [-0.4, -0.2) is 18.9 Å². The van der Waals surface area contributed by atoms with E-state index in [4.69, 9.17) is 16.3 Å². The summed E-state index contributed by atoms with van der Waals surface area (Å²) in [5.74, 6) is -0.114. The first-order chi connectivity index (χ1) is 11.0. The van der Waals surface area contributed by atoms with Crippen molar-refractivity contribution in [3.63, 3.8) is 0 Å². The first kappa shape index (κ1) is 16.8. The van der Waals surface area contributed by atoms with Crippen LogP contribution in [0.2, 0.25) is 5.02 Å². The van der Waals surface area contributed by atoms with Gasteiger partial charge in [-0.05, 0) is 37.3 Å². The zero-order valence-electron chi connectivity index (χ0n) is 12.9. The van der Waals surface area contributed by atoms with Crippen LogP contribution in [0.5, 0.6) is 5.75 Å². The Labute approximate surface area is 139 Å². The number of carbonyl (C=O) groups excluding carboxylic acids is 2. The first-order valence-electron chi connectivity index (χ1n) is 6.98. The fourth-order valence-electron chi connectivity index (χ4n) is 2.06. The van der Waals surface area contributed by atoms with Crippen LogP contribution in [0.4, 0.5) is 0 Å². The van der Waals surface area contributed by atoms with Crippen LogP contribution in [0.15, 0.2) is 42.5 Å². The van der Waals surface area contributed by atoms with Crippen LogP contribution < -0.4 is 15.6 Å². The minimum absolute atomic E-state index is 0.103. The summed E-state index contributed by atoms with van der Waals surface area (Å²) in [7, 11) is 1.55. The van der Waals surface area contributed by atoms with Crippen molar-refractivity contribution >= 4 is 23.4 Å². The number of benzene rings is 2. The summed E-state index contributed by atoms with van der Waals surface area (Å²) in [6.07, 6.45) is 0.103. The molecular weight excluding hydrogens is 316 g/mol. The highest BCUT2D eigenvalue weighted by Gasteiger charge is 2.11. The number of amides is 2. The molecule has 2 amide bonds. The van der Waals surface area contributed by atoms with Gasteiger partial charge in [-0.15, -0.1) is 0 Å². The van der Waals surface area contributed by atoms with Gasteiger partial charge in [-0.3, -0.25) is 20.4 Å². The SMILES string of the molecule is COc1ccc(C)cc1CC(=O)NNC(=O)c1ccc(Cl)cc1. The van der Waals surface area contributed by atoms with E-state index in [0.717, 1.165) is 11.1 Å². The number of rotatable bonds is 4. The maximum Gasteiger partial charge on any atom is 0.269 e. The molecule has 0 radical (unpaired) electrons. The number of aryl methyl sites for hydroxylation is 1. The van der Waals surface area contributed by atoms with Gasteiger partial charge in [0.2, 0.25) is 5.91 Å². The molecule has 2 aromatic carbocycles. The lowest BCUT2D eigenvalue weighted by Crippen LogP contribution is -2.42. The Kier molecular flexibility index (Phi) is 5.60. The number of hydrogen-bond donors (Lipinski definition) is 2. The molecule has 0 unspecified atom stereocenters. The van der Waals surface area contributed by atoms with Gasteiger partial charge >= 0.3 is 0 Å². The van der Waals surface area contributed by atoms with Crippen LogP contribution in [0, 0.1) is 6.92 Å². The van der Waals surface area contributed by atoms with Crippen molar-refractivity contribution in [1.82, 2.24) is 10.9 Å². The van der Waals surface area contributed by atoms with E-state index in [1.165, 1.54) is 0 Å². The molecule has 0 aliphatic carbocycles. The van der Waals surface area contributed by atoms with Crippen LogP contribution in [0.3, 0.4) is 0 Å². The zero-order chi connectivity index (χ0) is 16.8. The highest BCUT2D eigenvalue weighted by Crippen LogP contribution is 2.20. The summed E-state index contributed by atoms with van der Waals surface area (Å²) in [5.41, 5.74) is 6.94. The summed E-state index contributed by atoms with van der Waals surface area (Å²) in [6, 6.07) is 12.0. The highest BCUT2D eigenvalue weighted by molar-refractivity contribution is 6.30. The van der Waals surface area contributed by atoms with Gasteiger partial charge in [0.1, 0.15) is 5.75 Å². The molecule has 6 heteroatoms. The van der Waals surface area contributed by atoms with E-state index >= 15 is 0 Å². The van der Waals surface area contributed by atoms with E-state index in [0.29, 0.717) is 16.3 Å². The van der Waals surface area contributed by atoms with Gasteiger partial charge in [0.05, 0.1) is 13.5 Å². The van der Waals surface area contributed by atoms with Crippen molar-refractivity contribution in [2.45, 2.75) is 13.3 Å². The fourth-order valence-corrected chi connectivity index (χ4v) is 2.19. The predicted molar refractivity (Wildman–Crippen MR) is 88.5 cm³/mol. The molecule has 23 heavy (non-hydrogen) atoms. The molecule has 0 aliphatic heterocycles. The number of methoxy groups -OCH3 is 1. The van der Waals surface area contributed by atoms with Crippen molar-refractivity contribution in [2.75, 3.05) is 7.11 Å². The van der Waals surface area contributed by atoms with E-state index in [2.05, 4.69) is 10.9 Å². The molecule has 0 bridgehead atoms. The molecule has 5 nitrogen and oxygen atoms in total. The zero-order valence-corrected chi connectivity index (χ0v) is 13.6. The Hall–Kier alpha value is -2.53. The smallest absolute Gasteiger partial charge is 0.269 e. The second kappa shape index (κ2) is 7.65. The van der Waals surface area contributed by atoms with Gasteiger partial charge in [0.25, 0.3) is 5.91 Å². The van der Waals surface area contributed by atoms with Crippen LogP contribution in [0.25, 0.3) is 0 Å². The van der Waals surface area contributed by atoms with E-state index < -0.39 is 5.91 Å². The quantitative estimate of drug-likeness (QED) is 0.846. The minimum atomic E-state index is -0.411. The summed E-state index contributed by atoms with van der Waals surface area (Å²) in [5, 5.41) is 0.539. The van der Waals surface area contributed by atoms with Crippen LogP contribution in [-0.2, 0) is 11.2 Å². The third-order valence-corrected chi connectivity index (χ3v) is 3.46. The number of hydrogen-bond acceptors (Lipinski definition) is 3. The van der Waals surface area contributed by atoms with Gasteiger partial charge in [-0.2, -0.15) is 0 Å². The third kappa shape index (κ3) is 4.72. The summed E-state index contributed by atoms with van der Waals surface area (Å²) < 4.78 is 5.23. The topological polar surface area (TPSA) is 67.4 Å². The maximum atomic E-state index is 12.0. The molecule has 0 heterocycles. The molecule has 2 aromatic rings. The molecule has 0 aromatic heterocycles. The number of halogens is 1. The van der Waals surface area contributed by atoms with Crippen molar-refractivity contribution < 1.29 is 14.3 Å². The summed E-state index contributed by atoms with van der Waals surface area (Å²) >= 11 is 5.76. The van der Waals surface area contributed by atoms with Gasteiger partial charge < -0.3 is 4.74 Å². The molecule has 120 valence electrons. The summed E-state index contributed by atoms with van der Waals surface area (Å²) in [6.45, 7) is 1.93. The van der Waals surface area contributed by atoms with E-state index in [1.54, 1.807) is 31.4 Å². The average molecular weight is 333 g/mol. The molecule has 0 atom stereocenters. The van der Waals surface area contributed by atoms with Crippen molar-refractivity contribution in [3.05, 3.63) is 64.2 Å². The molecule has 0 spiro atoms. The van der Waals surface area contributed by atoms with Crippen LogP contribution in [0.1, 0.15) is 21.5 Å². The standard InChI is InChI=1S/C17H17ClN2O3/c1-11-3-8-15(23-2)13(9-11)10-16(21)19-20-17(22)12-4-6-14(18)7-5-12/h3-9H,10H2,1-2H3,(H,19,21)(H,20,22). The van der Waals surface area contributed by atoms with Gasteiger partial charge in [0.15, 0.2) is 0 Å². The van der Waals surface area contributed by atoms with E-state index in [-0.39, 0.29) is 12.3 Å². The normalized spacial score (nSPS) is 10.0. The second-order valence-corrected chi connectivity index (χ2v) is 5.44. The number of ether oxygens (including phenoxy) is 1. The summed E-state index contributed by atoms with van der Waals surface area (Å²) in [4.78, 5) is 23.9. The van der Waals surface area contributed by atoms with E-state index in [1.807, 2.05) is 25.1 Å². The van der Waals surface area contributed by atoms with Crippen molar-refractivity contribution in [3.8, 4) is 5.75 Å². The van der Waals surface area contributed by atoms with Gasteiger partial charge in [-0.25, -0.2) is 0 Å². The number of hydrazine groups is 1. The largest absolute Gasteiger partial charge is 0.496 e. The Morgan fingerprint density at radius 1 is 1.09 bits per heavy atom. The Morgan fingerprint density at radius 3 is 2.43 bits per heavy atom. The second-order valence-electron chi connectivity index (χ2n) is 5.00. The monoisotopic (exact) mass is 332 g/mol. The maximum absolute atomic E-state index is 12.0. The van der Waals surface area contributed by atoms with Crippen LogP contribution >= 0.6 is 11.6 Å². The first-order valence-corrected chi connectivity index (χ1v) is 7.35. The van der Waals surface area contributed by atoms with Gasteiger partial charge in [0, 0.05) is 16.1 Å². The Balaban J connectivity index is 1.94. The lowest BCUT2D eigenvalue weighted by Gasteiger charge is -2.11. The fraction of sp³-hybridized carbons (Fsp3) is 0.176. The van der Waals surface area contributed by atoms with Gasteiger partial charge in [-0.1, -0.05) is 29.3 Å². The van der Waals surface area contributed by atoms with E-state index in [9.17, 15) is 9.59 Å². The predicted octanol–water partition coefficient (Wildman–Crippen LogP) is 2.66. The average Bonchev–Trinajstić information content (AvgIpc) is 2.53. The minimum Gasteiger partial charge on any atom is -0.496 e. The Bertz CT molecular complexity index is 714. The third-order valence-electron chi connectivity index (χ3n) is 3.21. The molecule has 2 N–H and O–H groups in total. The number of nitrogens with one attached hydrogen (secondary N) is 2.